The Kier molecular flexibility index (Phi) is 8.59. The molecule has 166 valence electrons. The Morgan fingerprint density at radius 1 is 1.10 bits per heavy atom. The Morgan fingerprint density at radius 2 is 1.84 bits per heavy atom. The normalized spacial score (nSPS) is 18.1. The summed E-state index contributed by atoms with van der Waals surface area (Å²) in [4.78, 5) is 28.5. The zero-order valence-corrected chi connectivity index (χ0v) is 19.5. The van der Waals surface area contributed by atoms with Crippen LogP contribution in [0.2, 0.25) is 0 Å². The predicted octanol–water partition coefficient (Wildman–Crippen LogP) is 5.21. The molecule has 2 amide bonds. The van der Waals surface area contributed by atoms with Gasteiger partial charge in [-0.15, -0.1) is 11.8 Å². The van der Waals surface area contributed by atoms with Gasteiger partial charge in [-0.3, -0.25) is 9.59 Å². The molecule has 1 N–H and O–H groups in total. The molecule has 0 radical (unpaired) electrons. The fraction of sp³-hybridized carbons (Fsp3) is 0.462. The van der Waals surface area contributed by atoms with E-state index in [1.54, 1.807) is 11.8 Å². The fourth-order valence-corrected chi connectivity index (χ4v) is 4.67. The number of amides is 2. The van der Waals surface area contributed by atoms with Crippen LogP contribution in [0.25, 0.3) is 0 Å². The molecule has 1 heterocycles. The van der Waals surface area contributed by atoms with Gasteiger partial charge in [0, 0.05) is 36.4 Å². The highest BCUT2D eigenvalue weighted by Crippen LogP contribution is 2.30. The van der Waals surface area contributed by atoms with Gasteiger partial charge >= 0.3 is 0 Å². The third-order valence-electron chi connectivity index (χ3n) is 6.10. The molecule has 2 aromatic rings. The lowest BCUT2D eigenvalue weighted by atomic mass is 9.85. The number of benzene rings is 2. The molecule has 1 aliphatic heterocycles. The van der Waals surface area contributed by atoms with Crippen molar-refractivity contribution in [3.8, 4) is 0 Å². The minimum absolute atomic E-state index is 0.0975. The van der Waals surface area contributed by atoms with Crippen molar-refractivity contribution < 1.29 is 9.59 Å². The van der Waals surface area contributed by atoms with Gasteiger partial charge in [0.1, 0.15) is 0 Å². The monoisotopic (exact) mass is 438 g/mol. The van der Waals surface area contributed by atoms with Crippen LogP contribution in [-0.2, 0) is 22.6 Å². The lowest BCUT2D eigenvalue weighted by Gasteiger charge is -2.31. The first-order valence-corrected chi connectivity index (χ1v) is 12.5. The van der Waals surface area contributed by atoms with Gasteiger partial charge in [-0.1, -0.05) is 55.8 Å². The Bertz CT molecular complexity index is 853. The first-order chi connectivity index (χ1) is 15.0. The van der Waals surface area contributed by atoms with E-state index in [0.29, 0.717) is 25.8 Å². The van der Waals surface area contributed by atoms with Crippen LogP contribution >= 0.6 is 11.8 Å². The minimum Gasteiger partial charge on any atom is -0.350 e. The van der Waals surface area contributed by atoms with E-state index >= 15 is 0 Å². The maximum absolute atomic E-state index is 13.2. The minimum atomic E-state index is -0.323. The maximum atomic E-state index is 13.2. The zero-order valence-electron chi connectivity index (χ0n) is 18.7. The van der Waals surface area contributed by atoms with Crippen LogP contribution in [-0.4, -0.2) is 35.1 Å². The smallest absolute Gasteiger partial charge is 0.222 e. The summed E-state index contributed by atoms with van der Waals surface area (Å²) in [6.07, 6.45) is 7.37. The number of nitrogens with one attached hydrogen (secondary N) is 1. The molecule has 3 rings (SSSR count). The van der Waals surface area contributed by atoms with Crippen molar-refractivity contribution in [2.75, 3.05) is 12.8 Å². The second kappa shape index (κ2) is 11.4. The highest BCUT2D eigenvalue weighted by molar-refractivity contribution is 7.98. The molecule has 1 saturated heterocycles. The van der Waals surface area contributed by atoms with Crippen molar-refractivity contribution in [1.82, 2.24) is 10.2 Å². The first kappa shape index (κ1) is 23.4. The van der Waals surface area contributed by atoms with Crippen molar-refractivity contribution in [3.63, 3.8) is 0 Å². The van der Waals surface area contributed by atoms with E-state index in [9.17, 15) is 9.59 Å². The summed E-state index contributed by atoms with van der Waals surface area (Å²) in [6.45, 7) is 3.57. The number of unbranched alkanes of at least 4 members (excludes halogenated alkanes) is 1. The van der Waals surface area contributed by atoms with E-state index in [-0.39, 0.29) is 17.4 Å². The number of nitrogens with zero attached hydrogens (tertiary/aromatic N) is 1. The Labute approximate surface area is 190 Å². The molecule has 1 atom stereocenters. The topological polar surface area (TPSA) is 49.4 Å². The van der Waals surface area contributed by atoms with Crippen molar-refractivity contribution >= 4 is 23.6 Å². The van der Waals surface area contributed by atoms with Crippen LogP contribution in [0.1, 0.15) is 56.6 Å². The summed E-state index contributed by atoms with van der Waals surface area (Å²) in [5, 5.41) is 3.22. The lowest BCUT2D eigenvalue weighted by Crippen LogP contribution is -2.45. The average molecular weight is 439 g/mol. The van der Waals surface area contributed by atoms with Crippen LogP contribution in [0.5, 0.6) is 0 Å². The summed E-state index contributed by atoms with van der Waals surface area (Å²) in [5.74, 6) is 0.274. The molecule has 0 aromatic heterocycles. The number of thioether (sulfide) groups is 1. The Hall–Kier alpha value is -2.27. The van der Waals surface area contributed by atoms with Crippen LogP contribution < -0.4 is 5.32 Å². The van der Waals surface area contributed by atoms with Crippen LogP contribution in [0.3, 0.4) is 0 Å². The summed E-state index contributed by atoms with van der Waals surface area (Å²) in [5.41, 5.74) is 2.04. The van der Waals surface area contributed by atoms with Gasteiger partial charge in [0.05, 0.1) is 0 Å². The van der Waals surface area contributed by atoms with E-state index in [1.807, 2.05) is 23.1 Å². The molecular formula is C26H34N2O2S. The molecule has 2 aromatic carbocycles. The maximum Gasteiger partial charge on any atom is 0.222 e. The number of hydrogen-bond donors (Lipinski definition) is 1. The molecule has 0 saturated carbocycles. The van der Waals surface area contributed by atoms with Gasteiger partial charge in [-0.05, 0) is 55.2 Å². The van der Waals surface area contributed by atoms with E-state index < -0.39 is 0 Å². The van der Waals surface area contributed by atoms with Crippen LogP contribution in [0, 0.1) is 0 Å². The zero-order chi connectivity index (χ0) is 22.1. The largest absolute Gasteiger partial charge is 0.350 e. The first-order valence-electron chi connectivity index (χ1n) is 11.3. The highest BCUT2D eigenvalue weighted by Gasteiger charge is 2.38. The van der Waals surface area contributed by atoms with Crippen molar-refractivity contribution in [3.05, 3.63) is 65.7 Å². The van der Waals surface area contributed by atoms with Gasteiger partial charge in [-0.2, -0.15) is 0 Å². The van der Waals surface area contributed by atoms with E-state index in [4.69, 9.17) is 0 Å². The van der Waals surface area contributed by atoms with Gasteiger partial charge in [0.25, 0.3) is 0 Å². The fourth-order valence-electron chi connectivity index (χ4n) is 4.27. The summed E-state index contributed by atoms with van der Waals surface area (Å²) < 4.78 is 0. The van der Waals surface area contributed by atoms with Crippen LogP contribution in [0.4, 0.5) is 0 Å². The molecule has 31 heavy (non-hydrogen) atoms. The molecule has 0 bridgehead atoms. The molecule has 0 spiro atoms. The molecular weight excluding hydrogens is 404 g/mol. The third kappa shape index (κ3) is 6.86. The van der Waals surface area contributed by atoms with E-state index in [0.717, 1.165) is 37.8 Å². The number of carbonyl (C=O) groups excluding carboxylic acids is 2. The lowest BCUT2D eigenvalue weighted by molar-refractivity contribution is -0.132. The van der Waals surface area contributed by atoms with Gasteiger partial charge in [-0.25, -0.2) is 0 Å². The quantitative estimate of drug-likeness (QED) is 0.490. The third-order valence-corrected chi connectivity index (χ3v) is 6.85. The Balaban J connectivity index is 1.66. The molecule has 5 heteroatoms. The molecule has 4 nitrogen and oxygen atoms in total. The molecule has 1 aliphatic rings. The standard InChI is InChI=1S/C26H34N2O2S/c1-3-4-18-28(20-22-8-6-5-7-9-22)25(30)15-17-26(16-14-24(29)27-26)19-21-10-12-23(31-2)13-11-21/h5-13H,3-4,14-20H2,1-2H3,(H,27,29). The molecule has 1 fully saturated rings. The summed E-state index contributed by atoms with van der Waals surface area (Å²) >= 11 is 1.72. The number of rotatable bonds is 11. The summed E-state index contributed by atoms with van der Waals surface area (Å²) in [7, 11) is 0. The SMILES string of the molecule is CCCCN(Cc1ccccc1)C(=O)CCC1(Cc2ccc(SC)cc2)CCC(=O)N1. The van der Waals surface area contributed by atoms with Gasteiger partial charge in [0.2, 0.25) is 11.8 Å². The van der Waals surface area contributed by atoms with Crippen LogP contribution in [0.15, 0.2) is 59.5 Å². The predicted molar refractivity (Wildman–Crippen MR) is 128 cm³/mol. The highest BCUT2D eigenvalue weighted by atomic mass is 32.2. The number of carbonyl (C=O) groups is 2. The van der Waals surface area contributed by atoms with Crippen molar-refractivity contribution in [2.45, 2.75) is 68.8 Å². The second-order valence-corrected chi connectivity index (χ2v) is 9.39. The van der Waals surface area contributed by atoms with Crippen molar-refractivity contribution in [2.24, 2.45) is 0 Å². The second-order valence-electron chi connectivity index (χ2n) is 8.51. The molecule has 1 unspecified atom stereocenters. The summed E-state index contributed by atoms with van der Waals surface area (Å²) in [6, 6.07) is 18.7. The molecule has 0 aliphatic carbocycles. The Morgan fingerprint density at radius 3 is 2.45 bits per heavy atom. The number of hydrogen-bond acceptors (Lipinski definition) is 3. The average Bonchev–Trinajstić information content (AvgIpc) is 3.16. The van der Waals surface area contributed by atoms with E-state index in [1.165, 1.54) is 10.5 Å². The van der Waals surface area contributed by atoms with Crippen molar-refractivity contribution in [1.29, 1.82) is 0 Å². The van der Waals surface area contributed by atoms with Gasteiger partial charge < -0.3 is 10.2 Å². The van der Waals surface area contributed by atoms with E-state index in [2.05, 4.69) is 54.9 Å². The van der Waals surface area contributed by atoms with Gasteiger partial charge in [0.15, 0.2) is 0 Å².